The Morgan fingerprint density at radius 1 is 1.45 bits per heavy atom. The number of halogens is 1. The second-order valence-electron chi connectivity index (χ2n) is 4.59. The first-order valence-electron chi connectivity index (χ1n) is 6.63. The number of nitrogens with one attached hydrogen (secondary N) is 2. The van der Waals surface area contributed by atoms with Crippen molar-refractivity contribution >= 4 is 35.1 Å². The summed E-state index contributed by atoms with van der Waals surface area (Å²) in [7, 11) is 0. The van der Waals surface area contributed by atoms with Crippen LogP contribution in [0.3, 0.4) is 0 Å². The minimum Gasteiger partial charge on any atom is -0.467 e. The molecule has 0 aliphatic rings. The summed E-state index contributed by atoms with van der Waals surface area (Å²) in [6.45, 7) is -0.251. The molecule has 0 unspecified atom stereocenters. The van der Waals surface area contributed by atoms with E-state index >= 15 is 0 Å². The van der Waals surface area contributed by atoms with Crippen LogP contribution in [0.1, 0.15) is 17.4 Å². The van der Waals surface area contributed by atoms with Crippen molar-refractivity contribution in [3.63, 3.8) is 0 Å². The molecule has 1 aromatic carbocycles. The number of benzene rings is 1. The van der Waals surface area contributed by atoms with E-state index in [0.29, 0.717) is 16.5 Å². The van der Waals surface area contributed by atoms with E-state index in [1.807, 2.05) is 12.3 Å². The molecule has 118 valence electrons. The highest BCUT2D eigenvalue weighted by atomic mass is 35.5. The Labute approximate surface area is 138 Å². The van der Waals surface area contributed by atoms with Crippen molar-refractivity contribution in [1.82, 2.24) is 5.32 Å². The van der Waals surface area contributed by atoms with Crippen molar-refractivity contribution in [3.05, 3.63) is 52.9 Å². The van der Waals surface area contributed by atoms with E-state index in [0.717, 1.165) is 11.3 Å². The highest BCUT2D eigenvalue weighted by Gasteiger charge is 2.16. The molecule has 5 nitrogen and oxygen atoms in total. The van der Waals surface area contributed by atoms with E-state index in [9.17, 15) is 9.90 Å². The molecule has 1 atom stereocenters. The van der Waals surface area contributed by atoms with Crippen LogP contribution in [0.4, 0.5) is 10.5 Å². The zero-order valence-corrected chi connectivity index (χ0v) is 13.6. The highest BCUT2D eigenvalue weighted by molar-refractivity contribution is 7.97. The number of amides is 2. The van der Waals surface area contributed by atoms with Gasteiger partial charge in [-0.2, -0.15) is 11.8 Å². The van der Waals surface area contributed by atoms with Crippen LogP contribution >= 0.6 is 23.4 Å². The molecular weight excluding hydrogens is 324 g/mol. The van der Waals surface area contributed by atoms with Gasteiger partial charge in [0, 0.05) is 16.5 Å². The molecule has 0 saturated heterocycles. The van der Waals surface area contributed by atoms with Gasteiger partial charge in [-0.05, 0) is 42.2 Å². The minimum absolute atomic E-state index is 0.251. The first-order valence-corrected chi connectivity index (χ1v) is 8.40. The average molecular weight is 341 g/mol. The number of hydrogen-bond donors (Lipinski definition) is 3. The van der Waals surface area contributed by atoms with E-state index in [4.69, 9.17) is 16.0 Å². The SMILES string of the molecule is CSCc1cc(NC(=O)N[C@H](CO)c2ccco2)ccc1Cl. The molecule has 2 aromatic rings. The van der Waals surface area contributed by atoms with Crippen molar-refractivity contribution < 1.29 is 14.3 Å². The van der Waals surface area contributed by atoms with Gasteiger partial charge in [-0.1, -0.05) is 11.6 Å². The molecule has 7 heteroatoms. The van der Waals surface area contributed by atoms with Gasteiger partial charge in [0.05, 0.1) is 12.9 Å². The first-order chi connectivity index (χ1) is 10.6. The summed E-state index contributed by atoms with van der Waals surface area (Å²) in [5.74, 6) is 1.26. The monoisotopic (exact) mass is 340 g/mol. The molecule has 0 fully saturated rings. The number of aliphatic hydroxyl groups is 1. The maximum absolute atomic E-state index is 12.0. The van der Waals surface area contributed by atoms with E-state index in [1.165, 1.54) is 6.26 Å². The molecule has 2 rings (SSSR count). The summed E-state index contributed by atoms with van der Waals surface area (Å²) in [5, 5.41) is 15.4. The fourth-order valence-corrected chi connectivity index (χ4v) is 2.75. The summed E-state index contributed by atoms with van der Waals surface area (Å²) in [5.41, 5.74) is 1.60. The van der Waals surface area contributed by atoms with E-state index < -0.39 is 12.1 Å². The van der Waals surface area contributed by atoms with E-state index in [1.54, 1.807) is 36.0 Å². The van der Waals surface area contributed by atoms with Gasteiger partial charge in [-0.25, -0.2) is 4.79 Å². The number of carbonyl (C=O) groups is 1. The summed E-state index contributed by atoms with van der Waals surface area (Å²) >= 11 is 7.75. The van der Waals surface area contributed by atoms with Gasteiger partial charge in [0.25, 0.3) is 0 Å². The Morgan fingerprint density at radius 2 is 2.27 bits per heavy atom. The Balaban J connectivity index is 2.01. The fraction of sp³-hybridized carbons (Fsp3) is 0.267. The maximum Gasteiger partial charge on any atom is 0.319 e. The summed E-state index contributed by atoms with van der Waals surface area (Å²) in [4.78, 5) is 12.0. The Morgan fingerprint density at radius 3 is 2.91 bits per heavy atom. The van der Waals surface area contributed by atoms with Crippen LogP contribution in [-0.4, -0.2) is 24.0 Å². The predicted octanol–water partition coefficient (Wildman–Crippen LogP) is 3.65. The van der Waals surface area contributed by atoms with Crippen LogP contribution in [-0.2, 0) is 5.75 Å². The molecule has 0 bridgehead atoms. The molecule has 3 N–H and O–H groups in total. The lowest BCUT2D eigenvalue weighted by Gasteiger charge is -2.15. The molecule has 2 amide bonds. The van der Waals surface area contributed by atoms with Crippen molar-refractivity contribution in [1.29, 1.82) is 0 Å². The van der Waals surface area contributed by atoms with Crippen LogP contribution in [0.5, 0.6) is 0 Å². The third-order valence-corrected chi connectivity index (χ3v) is 3.95. The molecule has 1 aromatic heterocycles. The number of furan rings is 1. The van der Waals surface area contributed by atoms with Crippen LogP contribution in [0.2, 0.25) is 5.02 Å². The number of carbonyl (C=O) groups excluding carboxylic acids is 1. The second-order valence-corrected chi connectivity index (χ2v) is 5.86. The van der Waals surface area contributed by atoms with Crippen LogP contribution in [0, 0.1) is 0 Å². The van der Waals surface area contributed by atoms with Gasteiger partial charge in [-0.15, -0.1) is 0 Å². The highest BCUT2D eigenvalue weighted by Crippen LogP contribution is 2.24. The van der Waals surface area contributed by atoms with Crippen LogP contribution in [0.15, 0.2) is 41.0 Å². The summed E-state index contributed by atoms with van der Waals surface area (Å²) in [6, 6.07) is 7.69. The van der Waals surface area contributed by atoms with Crippen molar-refractivity contribution in [2.24, 2.45) is 0 Å². The van der Waals surface area contributed by atoms with Crippen molar-refractivity contribution in [2.75, 3.05) is 18.2 Å². The van der Waals surface area contributed by atoms with Crippen molar-refractivity contribution in [2.45, 2.75) is 11.8 Å². The lowest BCUT2D eigenvalue weighted by Crippen LogP contribution is -2.34. The van der Waals surface area contributed by atoms with Gasteiger partial charge in [0.1, 0.15) is 11.8 Å². The largest absolute Gasteiger partial charge is 0.467 e. The zero-order chi connectivity index (χ0) is 15.9. The molecule has 0 radical (unpaired) electrons. The van der Waals surface area contributed by atoms with Gasteiger partial charge < -0.3 is 20.2 Å². The number of hydrogen-bond acceptors (Lipinski definition) is 4. The van der Waals surface area contributed by atoms with Crippen molar-refractivity contribution in [3.8, 4) is 0 Å². The molecule has 0 aliphatic carbocycles. The van der Waals surface area contributed by atoms with E-state index in [2.05, 4.69) is 10.6 Å². The molecule has 0 aliphatic heterocycles. The first kappa shape index (κ1) is 16.7. The Hall–Kier alpha value is -1.63. The van der Waals surface area contributed by atoms with Gasteiger partial charge >= 0.3 is 6.03 Å². The fourth-order valence-electron chi connectivity index (χ4n) is 1.94. The van der Waals surface area contributed by atoms with Gasteiger partial charge in [0.2, 0.25) is 0 Å². The average Bonchev–Trinajstić information content (AvgIpc) is 3.02. The topological polar surface area (TPSA) is 74.5 Å². The normalized spacial score (nSPS) is 12.0. The molecule has 22 heavy (non-hydrogen) atoms. The van der Waals surface area contributed by atoms with Crippen LogP contribution < -0.4 is 10.6 Å². The third-order valence-electron chi connectivity index (χ3n) is 2.98. The maximum atomic E-state index is 12.0. The summed E-state index contributed by atoms with van der Waals surface area (Å²) in [6.07, 6.45) is 3.48. The minimum atomic E-state index is -0.590. The quantitative estimate of drug-likeness (QED) is 0.750. The Bertz CT molecular complexity index is 619. The van der Waals surface area contributed by atoms with Crippen LogP contribution in [0.25, 0.3) is 0 Å². The molecule has 0 saturated carbocycles. The number of urea groups is 1. The Kier molecular flexibility index (Phi) is 6.18. The smallest absolute Gasteiger partial charge is 0.319 e. The number of aliphatic hydroxyl groups excluding tert-OH is 1. The van der Waals surface area contributed by atoms with Gasteiger partial charge in [-0.3, -0.25) is 0 Å². The third kappa shape index (κ3) is 4.43. The second kappa shape index (κ2) is 8.12. The molecule has 0 spiro atoms. The number of anilines is 1. The summed E-state index contributed by atoms with van der Waals surface area (Å²) < 4.78 is 5.18. The lowest BCUT2D eigenvalue weighted by atomic mass is 10.2. The number of rotatable bonds is 6. The molecular formula is C15H17ClN2O3S. The predicted molar refractivity (Wildman–Crippen MR) is 89.4 cm³/mol. The van der Waals surface area contributed by atoms with E-state index in [-0.39, 0.29) is 6.61 Å². The molecule has 1 heterocycles. The standard InChI is InChI=1S/C15H17ClN2O3S/c1-22-9-10-7-11(4-5-12(10)16)17-15(20)18-13(8-19)14-3-2-6-21-14/h2-7,13,19H,8-9H2,1H3,(H2,17,18,20)/t13-/m1/s1. The van der Waals surface area contributed by atoms with Gasteiger partial charge in [0.15, 0.2) is 0 Å². The number of thioether (sulfide) groups is 1. The lowest BCUT2D eigenvalue weighted by molar-refractivity contribution is 0.215. The zero-order valence-electron chi connectivity index (χ0n) is 12.0.